The monoisotopic (exact) mass is 208 g/mol. The molecule has 0 amide bonds. The van der Waals surface area contributed by atoms with Crippen molar-refractivity contribution in [3.05, 3.63) is 0 Å². The second-order valence-corrected chi connectivity index (χ2v) is 4.47. The van der Waals surface area contributed by atoms with Crippen LogP contribution in [0, 0.1) is 0 Å². The first kappa shape index (κ1) is 12.6. The minimum Gasteiger partial charge on any atom is -0.300 e. The number of carbonyl (C=O) groups is 1. The number of hydrogen-bond donors (Lipinski definition) is 0. The Bertz CT molecular complexity index is 243. The van der Waals surface area contributed by atoms with E-state index in [1.54, 1.807) is 6.92 Å². The Balaban J connectivity index is 3.81. The first-order valence-corrected chi connectivity index (χ1v) is 5.98. The fraction of sp³-hybridized carbons (Fsp3) is 0.875. The quantitative estimate of drug-likeness (QED) is 0.588. The van der Waals surface area contributed by atoms with Crippen molar-refractivity contribution in [2.45, 2.75) is 33.1 Å². The predicted molar refractivity (Wildman–Crippen MR) is 49.9 cm³/mol. The van der Waals surface area contributed by atoms with Crippen molar-refractivity contribution in [1.82, 2.24) is 0 Å². The van der Waals surface area contributed by atoms with Crippen molar-refractivity contribution in [2.75, 3.05) is 12.4 Å². The van der Waals surface area contributed by atoms with Gasteiger partial charge < -0.3 is 0 Å². The molecule has 0 bridgehead atoms. The lowest BCUT2D eigenvalue weighted by atomic mass is 10.2. The van der Waals surface area contributed by atoms with Crippen LogP contribution in [0.15, 0.2) is 0 Å². The van der Waals surface area contributed by atoms with Gasteiger partial charge in [-0.2, -0.15) is 8.42 Å². The second-order valence-electron chi connectivity index (χ2n) is 2.71. The van der Waals surface area contributed by atoms with Crippen molar-refractivity contribution >= 4 is 15.9 Å². The van der Waals surface area contributed by atoms with Gasteiger partial charge in [0, 0.05) is 12.8 Å². The molecule has 0 fully saturated rings. The summed E-state index contributed by atoms with van der Waals surface area (Å²) in [5, 5.41) is 0. The molecule has 0 atom stereocenters. The van der Waals surface area contributed by atoms with Crippen LogP contribution in [-0.4, -0.2) is 26.6 Å². The fourth-order valence-corrected chi connectivity index (χ4v) is 1.84. The van der Waals surface area contributed by atoms with E-state index in [1.807, 2.05) is 6.92 Å². The minimum absolute atomic E-state index is 0.0224. The molecule has 0 aromatic carbocycles. The van der Waals surface area contributed by atoms with E-state index in [0.717, 1.165) is 6.42 Å². The summed E-state index contributed by atoms with van der Waals surface area (Å²) in [5.74, 6) is -0.217. The van der Waals surface area contributed by atoms with Crippen molar-refractivity contribution in [2.24, 2.45) is 0 Å². The van der Waals surface area contributed by atoms with Gasteiger partial charge in [0.2, 0.25) is 0 Å². The van der Waals surface area contributed by atoms with E-state index in [-0.39, 0.29) is 24.6 Å². The van der Waals surface area contributed by atoms with Gasteiger partial charge in [0.25, 0.3) is 10.1 Å². The molecule has 0 aliphatic rings. The summed E-state index contributed by atoms with van der Waals surface area (Å²) in [4.78, 5) is 11.0. The maximum atomic E-state index is 11.0. The summed E-state index contributed by atoms with van der Waals surface area (Å²) < 4.78 is 26.4. The van der Waals surface area contributed by atoms with Crippen LogP contribution < -0.4 is 0 Å². The molecule has 0 aromatic heterocycles. The molecule has 0 spiro atoms. The first-order valence-electron chi connectivity index (χ1n) is 4.40. The van der Waals surface area contributed by atoms with E-state index in [4.69, 9.17) is 0 Å². The third-order valence-corrected chi connectivity index (χ3v) is 2.76. The van der Waals surface area contributed by atoms with Crippen molar-refractivity contribution in [3.8, 4) is 0 Å². The highest BCUT2D eigenvalue weighted by Gasteiger charge is 2.12. The molecular weight excluding hydrogens is 192 g/mol. The SMILES string of the molecule is CCCC(=O)CCS(=O)(=O)OCC. The molecule has 4 nitrogen and oxygen atoms in total. The molecule has 13 heavy (non-hydrogen) atoms. The number of Topliss-reactive ketones (excluding diaryl/α,β-unsaturated/α-hetero) is 1. The molecule has 0 rings (SSSR count). The van der Waals surface area contributed by atoms with Gasteiger partial charge in [0.15, 0.2) is 0 Å². The molecule has 0 aliphatic carbocycles. The lowest BCUT2D eigenvalue weighted by Gasteiger charge is -2.01. The average Bonchev–Trinajstić information content (AvgIpc) is 2.02. The van der Waals surface area contributed by atoms with Crippen LogP contribution in [0.4, 0.5) is 0 Å². The lowest BCUT2D eigenvalue weighted by molar-refractivity contribution is -0.118. The Labute approximate surface area is 79.4 Å². The van der Waals surface area contributed by atoms with E-state index < -0.39 is 10.1 Å². The third kappa shape index (κ3) is 6.72. The van der Waals surface area contributed by atoms with Crippen LogP contribution in [0.5, 0.6) is 0 Å². The normalized spacial score (nSPS) is 11.5. The standard InChI is InChI=1S/C8H16O4S/c1-3-5-8(9)6-7-13(10,11)12-4-2/h3-7H2,1-2H3. The highest BCUT2D eigenvalue weighted by molar-refractivity contribution is 7.86. The van der Waals surface area contributed by atoms with E-state index in [9.17, 15) is 13.2 Å². The Morgan fingerprint density at radius 1 is 1.23 bits per heavy atom. The number of ketones is 1. The van der Waals surface area contributed by atoms with E-state index in [1.165, 1.54) is 0 Å². The molecule has 0 heterocycles. The molecule has 0 saturated carbocycles. The summed E-state index contributed by atoms with van der Waals surface area (Å²) in [6, 6.07) is 0. The molecule has 78 valence electrons. The summed E-state index contributed by atoms with van der Waals surface area (Å²) in [6.45, 7) is 3.62. The molecule has 0 aliphatic heterocycles. The van der Waals surface area contributed by atoms with Crippen LogP contribution in [0.2, 0.25) is 0 Å². The molecular formula is C8H16O4S. The van der Waals surface area contributed by atoms with Gasteiger partial charge in [-0.05, 0) is 13.3 Å². The number of hydrogen-bond acceptors (Lipinski definition) is 4. The average molecular weight is 208 g/mol. The molecule has 0 aromatic rings. The molecule has 5 heteroatoms. The Kier molecular flexibility index (Phi) is 5.90. The Hall–Kier alpha value is -0.420. The number of rotatable bonds is 7. The van der Waals surface area contributed by atoms with Crippen molar-refractivity contribution < 1.29 is 17.4 Å². The molecule has 0 unspecified atom stereocenters. The Morgan fingerprint density at radius 3 is 2.31 bits per heavy atom. The van der Waals surface area contributed by atoms with Gasteiger partial charge in [-0.3, -0.25) is 8.98 Å². The molecule has 0 N–H and O–H groups in total. The lowest BCUT2D eigenvalue weighted by Crippen LogP contribution is -2.13. The summed E-state index contributed by atoms with van der Waals surface area (Å²) in [6.07, 6.45) is 1.27. The third-order valence-electron chi connectivity index (χ3n) is 1.46. The van der Waals surface area contributed by atoms with E-state index in [2.05, 4.69) is 4.18 Å². The number of carbonyl (C=O) groups excluding carboxylic acids is 1. The van der Waals surface area contributed by atoms with Crippen LogP contribution in [0.3, 0.4) is 0 Å². The zero-order valence-electron chi connectivity index (χ0n) is 8.08. The van der Waals surface area contributed by atoms with Crippen molar-refractivity contribution in [1.29, 1.82) is 0 Å². The second kappa shape index (κ2) is 6.10. The van der Waals surface area contributed by atoms with Crippen LogP contribution in [0.25, 0.3) is 0 Å². The summed E-state index contributed by atoms with van der Waals surface area (Å²) in [7, 11) is -3.47. The van der Waals surface area contributed by atoms with E-state index in [0.29, 0.717) is 6.42 Å². The first-order chi connectivity index (χ1) is 6.02. The molecule has 0 saturated heterocycles. The highest BCUT2D eigenvalue weighted by Crippen LogP contribution is 2.00. The van der Waals surface area contributed by atoms with Gasteiger partial charge in [-0.1, -0.05) is 6.92 Å². The molecule has 0 radical (unpaired) electrons. The highest BCUT2D eigenvalue weighted by atomic mass is 32.2. The van der Waals surface area contributed by atoms with Gasteiger partial charge in [0.05, 0.1) is 12.4 Å². The van der Waals surface area contributed by atoms with Crippen molar-refractivity contribution in [3.63, 3.8) is 0 Å². The van der Waals surface area contributed by atoms with Crippen LogP contribution >= 0.6 is 0 Å². The zero-order valence-corrected chi connectivity index (χ0v) is 8.89. The maximum absolute atomic E-state index is 11.0. The predicted octanol–water partition coefficient (Wildman–Crippen LogP) is 1.11. The maximum Gasteiger partial charge on any atom is 0.267 e. The smallest absolute Gasteiger partial charge is 0.267 e. The largest absolute Gasteiger partial charge is 0.300 e. The summed E-state index contributed by atoms with van der Waals surface area (Å²) in [5.41, 5.74) is 0. The van der Waals surface area contributed by atoms with Gasteiger partial charge in [0.1, 0.15) is 5.78 Å². The topological polar surface area (TPSA) is 60.4 Å². The van der Waals surface area contributed by atoms with Crippen LogP contribution in [0.1, 0.15) is 33.1 Å². The van der Waals surface area contributed by atoms with Gasteiger partial charge in [-0.25, -0.2) is 0 Å². The van der Waals surface area contributed by atoms with Gasteiger partial charge in [-0.15, -0.1) is 0 Å². The zero-order chi connectivity index (χ0) is 10.3. The Morgan fingerprint density at radius 2 is 1.85 bits per heavy atom. The van der Waals surface area contributed by atoms with Crippen LogP contribution in [-0.2, 0) is 19.1 Å². The van der Waals surface area contributed by atoms with Gasteiger partial charge >= 0.3 is 0 Å². The fourth-order valence-electron chi connectivity index (χ4n) is 0.881. The summed E-state index contributed by atoms with van der Waals surface area (Å²) >= 11 is 0. The minimum atomic E-state index is -3.47. The van der Waals surface area contributed by atoms with E-state index >= 15 is 0 Å².